The summed E-state index contributed by atoms with van der Waals surface area (Å²) in [5, 5.41) is 19.2. The number of hydrogen-bond acceptors (Lipinski definition) is 3. The van der Waals surface area contributed by atoms with Gasteiger partial charge in [0.15, 0.2) is 18.6 Å². The van der Waals surface area contributed by atoms with Crippen molar-refractivity contribution in [1.82, 2.24) is 0 Å². The summed E-state index contributed by atoms with van der Waals surface area (Å²) in [6.07, 6.45) is 6.03. The zero-order chi connectivity index (χ0) is 66.7. The van der Waals surface area contributed by atoms with E-state index in [1.807, 2.05) is 48.0 Å². The average molecular weight is 1220 g/mol. The van der Waals surface area contributed by atoms with E-state index in [0.717, 1.165) is 77.6 Å². The molecule has 0 amide bonds. The summed E-state index contributed by atoms with van der Waals surface area (Å²) in [5.74, 6) is 0.515. The van der Waals surface area contributed by atoms with E-state index in [1.165, 1.54) is 115 Å². The van der Waals surface area contributed by atoms with Gasteiger partial charge in [-0.2, -0.15) is 0 Å². The summed E-state index contributed by atoms with van der Waals surface area (Å²) < 4.78 is 50.0. The molecule has 6 heteroatoms. The number of rotatable bonds is 5. The van der Waals surface area contributed by atoms with Crippen LogP contribution in [0.25, 0.3) is 165 Å². The second-order valence-corrected chi connectivity index (χ2v) is 25.8. The van der Waals surface area contributed by atoms with Gasteiger partial charge in [0.05, 0.1) is 27.5 Å². The maximum atomic E-state index is 8.13. The van der Waals surface area contributed by atoms with Crippen LogP contribution in [0.3, 0.4) is 0 Å². The SMILES string of the molecule is Cc1c(-c2c3ccc(C(C)C)cc3cc[n+]2C)ccc2c1oc1cc3ccccc3cc12.Cc1c(-c2c3ccccc3cc[n+]2C)ccc2c1oc1cc3ccccc3cc12.[2H]C([2H])([2H])c1c[n+](C)c(-c2ccc3c(oc4cc5ccc(C)cc5cc43)c2C)cc1-c1ccccc1. The van der Waals surface area contributed by atoms with E-state index in [4.69, 9.17) is 17.4 Å². The lowest BCUT2D eigenvalue weighted by molar-refractivity contribution is -0.660. The minimum atomic E-state index is -2.22. The highest BCUT2D eigenvalue weighted by Gasteiger charge is 2.25. The largest absolute Gasteiger partial charge is 0.456 e. The molecule has 0 aliphatic heterocycles. The predicted octanol–water partition coefficient (Wildman–Crippen LogP) is 22.3. The first kappa shape index (κ1) is 54.5. The minimum absolute atomic E-state index is 0.337. The van der Waals surface area contributed by atoms with E-state index in [1.54, 1.807) is 6.20 Å². The van der Waals surface area contributed by atoms with Crippen molar-refractivity contribution in [2.24, 2.45) is 21.1 Å². The van der Waals surface area contributed by atoms with E-state index >= 15 is 0 Å². The average Bonchev–Trinajstić information content (AvgIpc) is 1.42. The van der Waals surface area contributed by atoms with Crippen molar-refractivity contribution in [2.45, 2.75) is 54.3 Å². The molecule has 0 radical (unpaired) electrons. The molecule has 0 saturated heterocycles. The Kier molecular flexibility index (Phi) is 13.3. The molecule has 0 aliphatic carbocycles. The van der Waals surface area contributed by atoms with Crippen molar-refractivity contribution in [3.8, 4) is 44.9 Å². The second-order valence-electron chi connectivity index (χ2n) is 25.8. The van der Waals surface area contributed by atoms with Gasteiger partial charge in [-0.3, -0.25) is 0 Å². The number of furan rings is 3. The molecule has 18 aromatic rings. The zero-order valence-corrected chi connectivity index (χ0v) is 54.3. The van der Waals surface area contributed by atoms with Gasteiger partial charge in [0, 0.05) is 76.9 Å². The fourth-order valence-corrected chi connectivity index (χ4v) is 14.5. The van der Waals surface area contributed by atoms with Crippen molar-refractivity contribution in [3.05, 3.63) is 282 Å². The second kappa shape index (κ2) is 22.9. The Balaban J connectivity index is 0.000000115. The summed E-state index contributed by atoms with van der Waals surface area (Å²) >= 11 is 0. The highest BCUT2D eigenvalue weighted by atomic mass is 16.3. The lowest BCUT2D eigenvalue weighted by Crippen LogP contribution is -2.31. The van der Waals surface area contributed by atoms with Gasteiger partial charge in [-0.05, 0) is 185 Å². The maximum Gasteiger partial charge on any atom is 0.220 e. The molecule has 6 heterocycles. The Hall–Kier alpha value is -11.2. The molecule has 0 unspecified atom stereocenters. The summed E-state index contributed by atoms with van der Waals surface area (Å²) in [6, 6.07) is 81.2. The molecule has 0 spiro atoms. The maximum absolute atomic E-state index is 8.13. The fraction of sp³-hybridized carbons (Fsp3) is 0.125. The highest BCUT2D eigenvalue weighted by Crippen LogP contribution is 2.42. The standard InChI is InChI=1S/C31H26NO.C30H26NO.C27H20NO/c1-19-10-11-23-16-30-28(15-24(23)14-19)26-13-12-25(21(3)31(26)33-30)29-17-27(20(2)18-32(29)4)22-8-6-5-7-9-22;1-18(2)20-9-10-25-23(15-20)13-14-31(4)29(25)24-11-12-26-27-16-21-7-5-6-8-22(21)17-28(27)32-30(26)19(24)3;1-17-21(26-22-10-6-5-7-18(22)13-14-28(26)2)11-12-23-24-15-19-8-3-4-9-20(19)16-25(24)29-27(17)23/h5-18H,1-4H3;5-18H,1-4H3;3-16H,1-2H3/q3*+1/i2D3;;. The number of fused-ring (bicyclic) bond motifs is 14. The molecular weight excluding hydrogens is 1150 g/mol. The Morgan fingerprint density at radius 3 is 1.33 bits per heavy atom. The number of benzene rings is 12. The summed E-state index contributed by atoms with van der Waals surface area (Å²) in [5.41, 5.74) is 20.3. The number of pyridine rings is 3. The molecule has 12 aromatic carbocycles. The van der Waals surface area contributed by atoms with E-state index in [-0.39, 0.29) is 0 Å². The van der Waals surface area contributed by atoms with E-state index in [9.17, 15) is 0 Å². The first-order valence-electron chi connectivity index (χ1n) is 33.9. The molecule has 94 heavy (non-hydrogen) atoms. The lowest BCUT2D eigenvalue weighted by Gasteiger charge is -2.11. The molecule has 454 valence electrons. The van der Waals surface area contributed by atoms with Crippen LogP contribution in [0, 0.1) is 34.5 Å². The third-order valence-electron chi connectivity index (χ3n) is 19.5. The van der Waals surface area contributed by atoms with Crippen molar-refractivity contribution < 1.29 is 31.1 Å². The Labute approximate surface area is 550 Å². The molecule has 6 aromatic heterocycles. The molecule has 0 saturated carbocycles. The molecule has 6 nitrogen and oxygen atoms in total. The molecule has 0 N–H and O–H groups in total. The molecular formula is C88H72N3O3+3. The summed E-state index contributed by atoms with van der Waals surface area (Å²) in [4.78, 5) is 0. The lowest BCUT2D eigenvalue weighted by atomic mass is 9.94. The van der Waals surface area contributed by atoms with Crippen LogP contribution in [0.5, 0.6) is 0 Å². The minimum Gasteiger partial charge on any atom is -0.456 e. The third kappa shape index (κ3) is 9.83. The van der Waals surface area contributed by atoms with Crippen LogP contribution in [-0.2, 0) is 21.1 Å². The van der Waals surface area contributed by atoms with Gasteiger partial charge in [-0.25, -0.2) is 13.7 Å². The molecule has 0 atom stereocenters. The first-order valence-corrected chi connectivity index (χ1v) is 32.4. The van der Waals surface area contributed by atoms with Crippen molar-refractivity contribution in [2.75, 3.05) is 0 Å². The van der Waals surface area contributed by atoms with Crippen LogP contribution in [0.2, 0.25) is 0 Å². The van der Waals surface area contributed by atoms with E-state index < -0.39 is 6.85 Å². The molecule has 0 aliphatic rings. The van der Waals surface area contributed by atoms with Crippen molar-refractivity contribution >= 4 is 120 Å². The zero-order valence-electron chi connectivity index (χ0n) is 57.3. The Morgan fingerprint density at radius 2 is 0.787 bits per heavy atom. The Bertz CT molecular complexity index is 6250. The van der Waals surface area contributed by atoms with Gasteiger partial charge < -0.3 is 13.3 Å². The fourth-order valence-electron chi connectivity index (χ4n) is 14.5. The van der Waals surface area contributed by atoms with Gasteiger partial charge >= 0.3 is 0 Å². The topological polar surface area (TPSA) is 51.1 Å². The van der Waals surface area contributed by atoms with Gasteiger partial charge in [0.2, 0.25) is 17.1 Å². The van der Waals surface area contributed by atoms with Crippen LogP contribution in [-0.4, -0.2) is 0 Å². The van der Waals surface area contributed by atoms with Gasteiger partial charge in [0.25, 0.3) is 0 Å². The number of aryl methyl sites for hydroxylation is 8. The molecule has 18 rings (SSSR count). The number of aromatic nitrogens is 3. The van der Waals surface area contributed by atoms with Gasteiger partial charge in [0.1, 0.15) is 54.6 Å². The van der Waals surface area contributed by atoms with E-state index in [2.05, 4.69) is 271 Å². The van der Waals surface area contributed by atoms with Gasteiger partial charge in [-0.1, -0.05) is 147 Å². The van der Waals surface area contributed by atoms with E-state index in [0.29, 0.717) is 11.5 Å². The van der Waals surface area contributed by atoms with Gasteiger partial charge in [-0.15, -0.1) is 0 Å². The summed E-state index contributed by atoms with van der Waals surface area (Å²) in [6.45, 7) is 10.8. The summed E-state index contributed by atoms with van der Waals surface area (Å²) in [7, 11) is 6.13. The van der Waals surface area contributed by atoms with Crippen LogP contribution in [0.1, 0.15) is 57.3 Å². The van der Waals surface area contributed by atoms with Crippen LogP contribution in [0.15, 0.2) is 262 Å². The number of hydrogen-bond donors (Lipinski definition) is 0. The predicted molar refractivity (Wildman–Crippen MR) is 392 cm³/mol. The quantitative estimate of drug-likeness (QED) is 0.161. The third-order valence-corrected chi connectivity index (χ3v) is 19.5. The normalized spacial score (nSPS) is 12.4. The smallest absolute Gasteiger partial charge is 0.220 e. The first-order chi connectivity index (χ1) is 46.9. The monoisotopic (exact) mass is 1220 g/mol. The number of nitrogens with zero attached hydrogens (tertiary/aromatic N) is 3. The molecule has 0 bridgehead atoms. The van der Waals surface area contributed by atoms with Crippen LogP contribution >= 0.6 is 0 Å². The highest BCUT2D eigenvalue weighted by molar-refractivity contribution is 6.15. The molecule has 0 fully saturated rings. The van der Waals surface area contributed by atoms with Crippen molar-refractivity contribution in [1.29, 1.82) is 0 Å². The Morgan fingerprint density at radius 1 is 0.340 bits per heavy atom. The van der Waals surface area contributed by atoms with Crippen LogP contribution < -0.4 is 13.7 Å². The van der Waals surface area contributed by atoms with Crippen molar-refractivity contribution in [3.63, 3.8) is 0 Å². The van der Waals surface area contributed by atoms with Crippen LogP contribution in [0.4, 0.5) is 0 Å².